The molecule has 2 aliphatic heterocycles. The summed E-state index contributed by atoms with van der Waals surface area (Å²) in [6, 6.07) is 11.3. The highest BCUT2D eigenvalue weighted by molar-refractivity contribution is 5.66. The zero-order valence-electron chi connectivity index (χ0n) is 15.4. The van der Waals surface area contributed by atoms with Crippen molar-refractivity contribution in [2.75, 3.05) is 11.1 Å². The number of anilines is 2. The van der Waals surface area contributed by atoms with E-state index >= 15 is 0 Å². The highest BCUT2D eigenvalue weighted by atomic mass is 15.3. The molecular formula is C22H33N3. The second-order valence-corrected chi connectivity index (χ2v) is 9.20. The quantitative estimate of drug-likeness (QED) is 0.788. The first-order valence-electron chi connectivity index (χ1n) is 10.7. The number of nitrogen functional groups attached to an aromatic ring is 1. The van der Waals surface area contributed by atoms with Crippen LogP contribution in [0.15, 0.2) is 24.3 Å². The van der Waals surface area contributed by atoms with Crippen molar-refractivity contribution in [1.29, 1.82) is 0 Å². The fourth-order valence-electron chi connectivity index (χ4n) is 6.72. The minimum Gasteiger partial charge on any atom is -0.397 e. The summed E-state index contributed by atoms with van der Waals surface area (Å²) in [4.78, 5) is 2.99. The first-order valence-corrected chi connectivity index (χ1v) is 10.7. The van der Waals surface area contributed by atoms with Crippen molar-refractivity contribution in [3.8, 4) is 0 Å². The Morgan fingerprint density at radius 1 is 0.840 bits per heavy atom. The molecule has 3 nitrogen and oxygen atoms in total. The van der Waals surface area contributed by atoms with Gasteiger partial charge in [0.05, 0.1) is 11.4 Å². The van der Waals surface area contributed by atoms with Gasteiger partial charge < -0.3 is 11.1 Å². The molecule has 4 aliphatic rings. The molecule has 25 heavy (non-hydrogen) atoms. The Bertz CT molecular complexity index is 603. The number of piperidine rings is 1. The Balaban J connectivity index is 1.34. The van der Waals surface area contributed by atoms with E-state index in [2.05, 4.69) is 22.3 Å². The second-order valence-electron chi connectivity index (χ2n) is 9.20. The molecule has 1 aromatic carbocycles. The molecule has 3 heteroatoms. The molecule has 0 radical (unpaired) electrons. The van der Waals surface area contributed by atoms with Crippen molar-refractivity contribution < 1.29 is 0 Å². The Labute approximate surface area is 152 Å². The highest BCUT2D eigenvalue weighted by Gasteiger charge is 2.48. The van der Waals surface area contributed by atoms with Crippen molar-refractivity contribution in [2.24, 2.45) is 11.8 Å². The molecule has 0 aromatic heterocycles. The molecular weight excluding hydrogens is 306 g/mol. The normalized spacial score (nSPS) is 40.8. The Hall–Kier alpha value is -1.22. The maximum atomic E-state index is 6.20. The van der Waals surface area contributed by atoms with Crippen molar-refractivity contribution in [3.05, 3.63) is 24.3 Å². The molecule has 136 valence electrons. The molecule has 4 bridgehead atoms. The average molecular weight is 340 g/mol. The number of hydrogen-bond donors (Lipinski definition) is 2. The third kappa shape index (κ3) is 2.95. The largest absolute Gasteiger partial charge is 0.397 e. The lowest BCUT2D eigenvalue weighted by molar-refractivity contribution is 0.0194. The van der Waals surface area contributed by atoms with Crippen LogP contribution in [0.3, 0.4) is 0 Å². The summed E-state index contributed by atoms with van der Waals surface area (Å²) in [5.41, 5.74) is 8.23. The third-order valence-corrected chi connectivity index (χ3v) is 7.66. The van der Waals surface area contributed by atoms with Gasteiger partial charge in [-0.15, -0.1) is 0 Å². The van der Waals surface area contributed by atoms with Crippen LogP contribution in [0.2, 0.25) is 0 Å². The standard InChI is InChI=1S/C22H33N3/c23-19-8-1-2-9-20(19)24-21-14-17-7-4-10-22(21)25(17)18-12-15-5-3-6-16(11-15)13-18/h1-2,8-9,15-18,21-22,24H,3-7,10-14,23H2/t15?,16?,17-,18?,21+,22+/m0/s1. The van der Waals surface area contributed by atoms with Gasteiger partial charge in [0, 0.05) is 24.2 Å². The maximum Gasteiger partial charge on any atom is 0.0576 e. The number of hydrogen-bond acceptors (Lipinski definition) is 3. The molecule has 1 aromatic rings. The van der Waals surface area contributed by atoms with Gasteiger partial charge in [0.25, 0.3) is 0 Å². The average Bonchev–Trinajstić information content (AvgIpc) is 2.82. The molecule has 2 saturated carbocycles. The van der Waals surface area contributed by atoms with Gasteiger partial charge in [0.2, 0.25) is 0 Å². The lowest BCUT2D eigenvalue weighted by Gasteiger charge is -2.48. The summed E-state index contributed by atoms with van der Waals surface area (Å²) in [6.45, 7) is 0. The van der Waals surface area contributed by atoms with Crippen LogP contribution < -0.4 is 11.1 Å². The zero-order chi connectivity index (χ0) is 16.8. The van der Waals surface area contributed by atoms with E-state index in [1.807, 2.05) is 12.1 Å². The minimum absolute atomic E-state index is 0.582. The van der Waals surface area contributed by atoms with Crippen LogP contribution in [-0.4, -0.2) is 29.1 Å². The summed E-state index contributed by atoms with van der Waals surface area (Å²) >= 11 is 0. The summed E-state index contributed by atoms with van der Waals surface area (Å²) in [7, 11) is 0. The zero-order valence-corrected chi connectivity index (χ0v) is 15.4. The SMILES string of the molecule is Nc1ccccc1N[C@@H]1C[C@@H]2CCC[C@H]1N2C1CC2CCCC(C2)C1. The Morgan fingerprint density at radius 2 is 1.60 bits per heavy atom. The first kappa shape index (κ1) is 16.0. The summed E-state index contributed by atoms with van der Waals surface area (Å²) in [5.74, 6) is 2.05. The van der Waals surface area contributed by atoms with Gasteiger partial charge in [-0.1, -0.05) is 37.8 Å². The number of nitrogens with two attached hydrogens (primary N) is 1. The monoisotopic (exact) mass is 339 g/mol. The molecule has 2 aliphatic carbocycles. The predicted octanol–water partition coefficient (Wildman–Crippen LogP) is 4.64. The van der Waals surface area contributed by atoms with E-state index in [0.29, 0.717) is 6.04 Å². The summed E-state index contributed by atoms with van der Waals surface area (Å²) < 4.78 is 0. The van der Waals surface area contributed by atoms with Gasteiger partial charge in [-0.2, -0.15) is 0 Å². The molecule has 4 fully saturated rings. The lowest BCUT2D eigenvalue weighted by Crippen LogP contribution is -2.52. The number of fused-ring (bicyclic) bond motifs is 4. The van der Waals surface area contributed by atoms with E-state index in [0.717, 1.165) is 41.3 Å². The number of rotatable bonds is 3. The van der Waals surface area contributed by atoms with Gasteiger partial charge in [-0.05, 0) is 62.5 Å². The van der Waals surface area contributed by atoms with Gasteiger partial charge in [-0.25, -0.2) is 0 Å². The van der Waals surface area contributed by atoms with Gasteiger partial charge >= 0.3 is 0 Å². The smallest absolute Gasteiger partial charge is 0.0576 e. The van der Waals surface area contributed by atoms with Crippen LogP contribution >= 0.6 is 0 Å². The topological polar surface area (TPSA) is 41.3 Å². The van der Waals surface area contributed by atoms with E-state index in [-0.39, 0.29) is 0 Å². The van der Waals surface area contributed by atoms with Gasteiger partial charge in [0.15, 0.2) is 0 Å². The van der Waals surface area contributed by atoms with E-state index in [1.165, 1.54) is 64.2 Å². The second kappa shape index (κ2) is 6.50. The molecule has 2 saturated heterocycles. The highest BCUT2D eigenvalue weighted by Crippen LogP contribution is 2.47. The van der Waals surface area contributed by atoms with Crippen LogP contribution in [-0.2, 0) is 0 Å². The van der Waals surface area contributed by atoms with Crippen LogP contribution in [0, 0.1) is 11.8 Å². The van der Waals surface area contributed by atoms with Crippen LogP contribution in [0.25, 0.3) is 0 Å². The molecule has 3 N–H and O–H groups in total. The van der Waals surface area contributed by atoms with E-state index in [4.69, 9.17) is 5.73 Å². The van der Waals surface area contributed by atoms with Crippen molar-refractivity contribution in [1.82, 2.24) is 4.90 Å². The van der Waals surface area contributed by atoms with E-state index < -0.39 is 0 Å². The van der Waals surface area contributed by atoms with E-state index in [1.54, 1.807) is 0 Å². The number of nitrogens with zero attached hydrogens (tertiary/aromatic N) is 1. The molecule has 0 amide bonds. The van der Waals surface area contributed by atoms with Crippen molar-refractivity contribution >= 4 is 11.4 Å². The van der Waals surface area contributed by atoms with Crippen molar-refractivity contribution in [3.63, 3.8) is 0 Å². The van der Waals surface area contributed by atoms with Crippen LogP contribution in [0.5, 0.6) is 0 Å². The van der Waals surface area contributed by atoms with Gasteiger partial charge in [0.1, 0.15) is 0 Å². The third-order valence-electron chi connectivity index (χ3n) is 7.66. The molecule has 5 atom stereocenters. The number of para-hydroxylation sites is 2. The maximum absolute atomic E-state index is 6.20. The fraction of sp³-hybridized carbons (Fsp3) is 0.727. The molecule has 0 spiro atoms. The summed E-state index contributed by atoms with van der Waals surface area (Å²) in [5, 5.41) is 3.83. The van der Waals surface area contributed by atoms with Crippen LogP contribution in [0.1, 0.15) is 64.2 Å². The molecule has 5 rings (SSSR count). The summed E-state index contributed by atoms with van der Waals surface area (Å²) in [6.07, 6.45) is 14.5. The fourth-order valence-corrected chi connectivity index (χ4v) is 6.72. The van der Waals surface area contributed by atoms with Crippen LogP contribution in [0.4, 0.5) is 11.4 Å². The lowest BCUT2D eigenvalue weighted by atomic mass is 9.69. The Kier molecular flexibility index (Phi) is 4.16. The van der Waals surface area contributed by atoms with Crippen molar-refractivity contribution in [2.45, 2.75) is 88.4 Å². The molecule has 2 heterocycles. The van der Waals surface area contributed by atoms with E-state index in [9.17, 15) is 0 Å². The Morgan fingerprint density at radius 3 is 2.40 bits per heavy atom. The predicted molar refractivity (Wildman–Crippen MR) is 105 cm³/mol. The number of benzene rings is 1. The molecule has 2 unspecified atom stereocenters. The van der Waals surface area contributed by atoms with Gasteiger partial charge in [-0.3, -0.25) is 4.90 Å². The minimum atomic E-state index is 0.582. The first-order chi connectivity index (χ1) is 12.3. The number of nitrogens with one attached hydrogen (secondary N) is 1.